The highest BCUT2D eigenvalue weighted by Gasteiger charge is 2.13. The van der Waals surface area contributed by atoms with E-state index in [0.29, 0.717) is 5.56 Å². The maximum absolute atomic E-state index is 11.5. The topological polar surface area (TPSA) is 26.3 Å². The molecule has 0 saturated carbocycles. The summed E-state index contributed by atoms with van der Waals surface area (Å²) in [7, 11) is 0. The van der Waals surface area contributed by atoms with E-state index >= 15 is 0 Å². The van der Waals surface area contributed by atoms with Crippen LogP contribution in [0, 0.1) is 0 Å². The van der Waals surface area contributed by atoms with Gasteiger partial charge in [0.25, 0.3) is 0 Å². The predicted molar refractivity (Wildman–Crippen MR) is 65.1 cm³/mol. The van der Waals surface area contributed by atoms with Gasteiger partial charge in [0.15, 0.2) is 10.1 Å². The summed E-state index contributed by atoms with van der Waals surface area (Å²) in [6.45, 7) is 3.90. The number of hydrogen-bond acceptors (Lipinski definition) is 2. The Hall–Kier alpha value is -0.540. The Morgan fingerprint density at radius 3 is 2.27 bits per heavy atom. The van der Waals surface area contributed by atoms with Gasteiger partial charge in [-0.25, -0.2) is 0 Å². The van der Waals surface area contributed by atoms with Crippen LogP contribution in [-0.4, -0.2) is 16.2 Å². The fourth-order valence-electron chi connectivity index (χ4n) is 1.10. The summed E-state index contributed by atoms with van der Waals surface area (Å²) >= 11 is 8.64. The van der Waals surface area contributed by atoms with E-state index in [1.165, 1.54) is 0 Å². The number of ketones is 1. The Morgan fingerprint density at radius 1 is 1.33 bits per heavy atom. The average Bonchev–Trinajstić information content (AvgIpc) is 2.17. The van der Waals surface area contributed by atoms with Crippen LogP contribution in [0.4, 0.5) is 0 Å². The molecule has 0 bridgehead atoms. The molecule has 0 aliphatic rings. The Kier molecular flexibility index (Phi) is 4.61. The van der Waals surface area contributed by atoms with Crippen molar-refractivity contribution in [3.63, 3.8) is 0 Å². The van der Waals surface area contributed by atoms with Gasteiger partial charge in [-0.2, -0.15) is 0 Å². The first kappa shape index (κ1) is 12.5. The first-order valence-electron chi connectivity index (χ1n) is 4.60. The number of ether oxygens (including phenoxy) is 1. The fourth-order valence-corrected chi connectivity index (χ4v) is 1.49. The van der Waals surface area contributed by atoms with Gasteiger partial charge in [0, 0.05) is 5.56 Å². The molecule has 0 N–H and O–H groups in total. The molecule has 0 aromatic heterocycles. The molecule has 15 heavy (non-hydrogen) atoms. The number of benzene rings is 1. The number of Topliss-reactive ketones (excluding diaryl/α,β-unsaturated/α-hetero) is 1. The van der Waals surface area contributed by atoms with Crippen molar-refractivity contribution in [1.82, 2.24) is 0 Å². The SMILES string of the molecule is CC(C)Oc1ccc(C(=O)C(Cl)Br)cc1. The maximum atomic E-state index is 11.5. The van der Waals surface area contributed by atoms with E-state index in [4.69, 9.17) is 16.3 Å². The standard InChI is InChI=1S/C11H12BrClO2/c1-7(2)15-9-5-3-8(4-6-9)10(14)11(12)13/h3-7,11H,1-2H3. The third-order valence-corrected chi connectivity index (χ3v) is 2.32. The minimum absolute atomic E-state index is 0.128. The van der Waals surface area contributed by atoms with Gasteiger partial charge in [0.1, 0.15) is 5.75 Å². The van der Waals surface area contributed by atoms with Gasteiger partial charge in [-0.1, -0.05) is 15.9 Å². The third kappa shape index (κ3) is 3.84. The van der Waals surface area contributed by atoms with Gasteiger partial charge in [0.2, 0.25) is 0 Å². The van der Waals surface area contributed by atoms with Gasteiger partial charge in [-0.3, -0.25) is 4.79 Å². The quantitative estimate of drug-likeness (QED) is 0.625. The zero-order chi connectivity index (χ0) is 11.4. The van der Waals surface area contributed by atoms with E-state index in [1.807, 2.05) is 13.8 Å². The van der Waals surface area contributed by atoms with E-state index in [1.54, 1.807) is 24.3 Å². The normalized spacial score (nSPS) is 12.6. The van der Waals surface area contributed by atoms with Gasteiger partial charge in [-0.15, -0.1) is 11.6 Å². The summed E-state index contributed by atoms with van der Waals surface area (Å²) in [5.74, 6) is 0.606. The van der Waals surface area contributed by atoms with E-state index in [9.17, 15) is 4.79 Å². The maximum Gasteiger partial charge on any atom is 0.191 e. The highest BCUT2D eigenvalue weighted by Crippen LogP contribution is 2.18. The van der Waals surface area contributed by atoms with Crippen molar-refractivity contribution in [3.05, 3.63) is 29.8 Å². The Balaban J connectivity index is 2.76. The van der Waals surface area contributed by atoms with E-state index in [0.717, 1.165) is 5.75 Å². The van der Waals surface area contributed by atoms with E-state index in [2.05, 4.69) is 15.9 Å². The van der Waals surface area contributed by atoms with Crippen molar-refractivity contribution in [2.24, 2.45) is 0 Å². The van der Waals surface area contributed by atoms with Crippen molar-refractivity contribution in [2.75, 3.05) is 0 Å². The van der Waals surface area contributed by atoms with Crippen LogP contribution in [0.2, 0.25) is 0 Å². The summed E-state index contributed by atoms with van der Waals surface area (Å²) in [6, 6.07) is 6.94. The highest BCUT2D eigenvalue weighted by atomic mass is 79.9. The van der Waals surface area contributed by atoms with Crippen LogP contribution in [0.25, 0.3) is 0 Å². The molecule has 1 atom stereocenters. The average molecular weight is 292 g/mol. The molecule has 1 aromatic rings. The molecule has 0 fully saturated rings. The number of carbonyl (C=O) groups excluding carboxylic acids is 1. The van der Waals surface area contributed by atoms with Gasteiger partial charge in [0.05, 0.1) is 6.10 Å². The minimum Gasteiger partial charge on any atom is -0.491 e. The lowest BCUT2D eigenvalue weighted by molar-refractivity contribution is 0.101. The molecule has 82 valence electrons. The summed E-state index contributed by atoms with van der Waals surface area (Å²) in [5, 5.41) is 0. The zero-order valence-electron chi connectivity index (χ0n) is 8.54. The first-order chi connectivity index (χ1) is 7.00. The molecule has 4 heteroatoms. The van der Waals surface area contributed by atoms with Crippen LogP contribution in [0.1, 0.15) is 24.2 Å². The van der Waals surface area contributed by atoms with E-state index < -0.39 is 4.29 Å². The van der Waals surface area contributed by atoms with Gasteiger partial charge in [-0.05, 0) is 38.1 Å². The van der Waals surface area contributed by atoms with Crippen molar-refractivity contribution < 1.29 is 9.53 Å². The molecule has 1 rings (SSSR count). The lowest BCUT2D eigenvalue weighted by Crippen LogP contribution is -2.08. The second kappa shape index (κ2) is 5.52. The predicted octanol–water partition coefficient (Wildman–Crippen LogP) is 3.62. The first-order valence-corrected chi connectivity index (χ1v) is 5.95. The van der Waals surface area contributed by atoms with Crippen molar-refractivity contribution in [3.8, 4) is 5.75 Å². The summed E-state index contributed by atoms with van der Waals surface area (Å²) < 4.78 is 4.78. The summed E-state index contributed by atoms with van der Waals surface area (Å²) in [5.41, 5.74) is 0.572. The lowest BCUT2D eigenvalue weighted by atomic mass is 10.1. The van der Waals surface area contributed by atoms with Crippen LogP contribution < -0.4 is 4.74 Å². The Morgan fingerprint density at radius 2 is 1.87 bits per heavy atom. The number of hydrogen-bond donors (Lipinski definition) is 0. The Labute approximate surface area is 103 Å². The van der Waals surface area contributed by atoms with Crippen LogP contribution in [0.5, 0.6) is 5.75 Å². The second-order valence-electron chi connectivity index (χ2n) is 3.36. The van der Waals surface area contributed by atoms with Crippen molar-refractivity contribution >= 4 is 33.3 Å². The molecular weight excluding hydrogens is 279 g/mol. The number of carbonyl (C=O) groups is 1. The van der Waals surface area contributed by atoms with Crippen LogP contribution in [0.3, 0.4) is 0 Å². The summed E-state index contributed by atoms with van der Waals surface area (Å²) in [4.78, 5) is 11.5. The lowest BCUT2D eigenvalue weighted by Gasteiger charge is -2.09. The fraction of sp³-hybridized carbons (Fsp3) is 0.364. The molecule has 2 nitrogen and oxygen atoms in total. The molecule has 0 aliphatic heterocycles. The molecular formula is C11H12BrClO2. The van der Waals surface area contributed by atoms with Crippen LogP contribution in [-0.2, 0) is 0 Å². The highest BCUT2D eigenvalue weighted by molar-refractivity contribution is 9.10. The molecule has 0 heterocycles. The number of halogens is 2. The third-order valence-electron chi connectivity index (χ3n) is 1.71. The zero-order valence-corrected chi connectivity index (χ0v) is 10.9. The van der Waals surface area contributed by atoms with E-state index in [-0.39, 0.29) is 11.9 Å². The van der Waals surface area contributed by atoms with Gasteiger partial charge >= 0.3 is 0 Å². The molecule has 0 radical (unpaired) electrons. The minimum atomic E-state index is -0.672. The summed E-state index contributed by atoms with van der Waals surface area (Å²) in [6.07, 6.45) is 0.128. The molecule has 0 amide bonds. The number of alkyl halides is 2. The molecule has 1 unspecified atom stereocenters. The second-order valence-corrected chi connectivity index (χ2v) is 5.24. The largest absolute Gasteiger partial charge is 0.491 e. The molecule has 1 aromatic carbocycles. The molecule has 0 saturated heterocycles. The Bertz CT molecular complexity index is 333. The number of rotatable bonds is 4. The van der Waals surface area contributed by atoms with Crippen molar-refractivity contribution in [2.45, 2.75) is 24.2 Å². The molecule has 0 spiro atoms. The van der Waals surface area contributed by atoms with Crippen molar-refractivity contribution in [1.29, 1.82) is 0 Å². The van der Waals surface area contributed by atoms with Crippen LogP contribution >= 0.6 is 27.5 Å². The molecule has 0 aliphatic carbocycles. The van der Waals surface area contributed by atoms with Crippen LogP contribution in [0.15, 0.2) is 24.3 Å². The monoisotopic (exact) mass is 290 g/mol. The smallest absolute Gasteiger partial charge is 0.191 e. The van der Waals surface area contributed by atoms with Gasteiger partial charge < -0.3 is 4.74 Å².